The van der Waals surface area contributed by atoms with E-state index in [2.05, 4.69) is 30.0 Å². The summed E-state index contributed by atoms with van der Waals surface area (Å²) < 4.78 is 7.60. The molecule has 2 aliphatic rings. The van der Waals surface area contributed by atoms with Crippen LogP contribution in [0.25, 0.3) is 5.69 Å². The zero-order valence-electron chi connectivity index (χ0n) is 16.3. The minimum atomic E-state index is 0.530. The molecule has 0 bridgehead atoms. The Bertz CT molecular complexity index is 1040. The summed E-state index contributed by atoms with van der Waals surface area (Å²) in [7, 11) is 1.77. The molecule has 0 amide bonds. The molecule has 0 saturated carbocycles. The summed E-state index contributed by atoms with van der Waals surface area (Å²) >= 11 is 6.42. The van der Waals surface area contributed by atoms with Gasteiger partial charge in [0.15, 0.2) is 0 Å². The highest BCUT2D eigenvalue weighted by molar-refractivity contribution is 6.32. The molecule has 4 nitrogen and oxygen atoms in total. The molecular formula is C23H24ClN3O. The van der Waals surface area contributed by atoms with Crippen LogP contribution in [0.2, 0.25) is 5.02 Å². The van der Waals surface area contributed by atoms with Gasteiger partial charge in [-0.2, -0.15) is 5.10 Å². The fraction of sp³-hybridized carbons (Fsp3) is 0.348. The first-order chi connectivity index (χ1) is 13.7. The van der Waals surface area contributed by atoms with E-state index in [9.17, 15) is 0 Å². The Hall–Kier alpha value is -2.30. The molecule has 0 spiro atoms. The molecule has 5 heteroatoms. The number of nitrogens with zero attached hydrogens (tertiary/aromatic N) is 3. The molecule has 0 N–H and O–H groups in total. The quantitative estimate of drug-likeness (QED) is 0.662. The second-order valence-electron chi connectivity index (χ2n) is 7.75. The highest BCUT2D eigenvalue weighted by Crippen LogP contribution is 2.35. The molecular weight excluding hydrogens is 370 g/mol. The molecule has 1 aromatic heterocycles. The smallest absolute Gasteiger partial charge is 0.122 e. The van der Waals surface area contributed by atoms with Crippen LogP contribution in [-0.4, -0.2) is 34.4 Å². The van der Waals surface area contributed by atoms with Crippen molar-refractivity contribution in [3.8, 4) is 11.4 Å². The minimum absolute atomic E-state index is 0.530. The normalized spacial score (nSPS) is 18.8. The number of para-hydroxylation sites is 1. The lowest BCUT2D eigenvalue weighted by molar-refractivity contribution is 0.182. The lowest BCUT2D eigenvalue weighted by atomic mass is 10.0. The van der Waals surface area contributed by atoms with Gasteiger partial charge in [-0.05, 0) is 49.1 Å². The first-order valence-corrected chi connectivity index (χ1v) is 10.2. The third-order valence-electron chi connectivity index (χ3n) is 6.26. The predicted molar refractivity (Wildman–Crippen MR) is 112 cm³/mol. The van der Waals surface area contributed by atoms with Crippen molar-refractivity contribution in [1.29, 1.82) is 0 Å². The molecule has 0 radical (unpaired) electrons. The summed E-state index contributed by atoms with van der Waals surface area (Å²) in [4.78, 5) is 2.62. The third kappa shape index (κ3) is 2.83. The molecule has 144 valence electrons. The van der Waals surface area contributed by atoms with Crippen molar-refractivity contribution >= 4 is 11.6 Å². The van der Waals surface area contributed by atoms with Crippen LogP contribution in [-0.2, 0) is 25.8 Å². The fourth-order valence-electron chi connectivity index (χ4n) is 4.75. The Morgan fingerprint density at radius 1 is 1.07 bits per heavy atom. The number of fused-ring (bicyclic) bond motifs is 2. The van der Waals surface area contributed by atoms with Crippen molar-refractivity contribution in [3.63, 3.8) is 0 Å². The number of methoxy groups -OCH3 is 1. The van der Waals surface area contributed by atoms with Gasteiger partial charge in [0.1, 0.15) is 5.75 Å². The monoisotopic (exact) mass is 393 g/mol. The molecule has 3 aromatic rings. The van der Waals surface area contributed by atoms with E-state index in [1.54, 1.807) is 7.11 Å². The molecule has 0 fully saturated rings. The largest absolute Gasteiger partial charge is 0.496 e. The SMILES string of the molecule is COc1cccc2c1CC(N1CCc3nn(-c4ccccc4Cl)c(C)c3C1)C2. The van der Waals surface area contributed by atoms with Crippen molar-refractivity contribution in [3.05, 3.63) is 75.6 Å². The van der Waals surface area contributed by atoms with Crippen LogP contribution in [0.5, 0.6) is 5.75 Å². The van der Waals surface area contributed by atoms with Gasteiger partial charge in [0, 0.05) is 36.8 Å². The van der Waals surface area contributed by atoms with Crippen LogP contribution in [0.3, 0.4) is 0 Å². The van der Waals surface area contributed by atoms with E-state index in [0.717, 1.165) is 48.8 Å². The van der Waals surface area contributed by atoms with Crippen LogP contribution in [0.1, 0.15) is 28.1 Å². The topological polar surface area (TPSA) is 30.3 Å². The van der Waals surface area contributed by atoms with Crippen LogP contribution >= 0.6 is 11.6 Å². The third-order valence-corrected chi connectivity index (χ3v) is 6.58. The average Bonchev–Trinajstić information content (AvgIpc) is 3.29. The van der Waals surface area contributed by atoms with E-state index in [4.69, 9.17) is 21.4 Å². The first kappa shape index (κ1) is 17.8. The summed E-state index contributed by atoms with van der Waals surface area (Å²) in [6, 6.07) is 14.9. The average molecular weight is 394 g/mol. The van der Waals surface area contributed by atoms with Gasteiger partial charge in [-0.25, -0.2) is 4.68 Å². The zero-order chi connectivity index (χ0) is 19.3. The number of benzene rings is 2. The van der Waals surface area contributed by atoms with Crippen molar-refractivity contribution in [2.75, 3.05) is 13.7 Å². The summed E-state index contributed by atoms with van der Waals surface area (Å²) in [5, 5.41) is 5.63. The van der Waals surface area contributed by atoms with Gasteiger partial charge in [0.2, 0.25) is 0 Å². The van der Waals surface area contributed by atoms with E-state index < -0.39 is 0 Å². The van der Waals surface area contributed by atoms with Crippen LogP contribution < -0.4 is 4.74 Å². The maximum absolute atomic E-state index is 6.42. The number of hydrogen-bond donors (Lipinski definition) is 0. The van der Waals surface area contributed by atoms with Crippen molar-refractivity contribution < 1.29 is 4.74 Å². The second-order valence-corrected chi connectivity index (χ2v) is 8.16. The molecule has 1 atom stereocenters. The van der Waals surface area contributed by atoms with Gasteiger partial charge in [-0.1, -0.05) is 35.9 Å². The number of aromatic nitrogens is 2. The van der Waals surface area contributed by atoms with Crippen LogP contribution in [0.4, 0.5) is 0 Å². The Labute approximate surface area is 170 Å². The minimum Gasteiger partial charge on any atom is -0.496 e. The van der Waals surface area contributed by atoms with Crippen molar-refractivity contribution in [2.45, 2.75) is 38.8 Å². The molecule has 0 saturated heterocycles. The van der Waals surface area contributed by atoms with Gasteiger partial charge in [-0.3, -0.25) is 4.90 Å². The summed E-state index contributed by atoms with van der Waals surface area (Å²) in [6.07, 6.45) is 3.14. The van der Waals surface area contributed by atoms with Crippen LogP contribution in [0, 0.1) is 6.92 Å². The molecule has 1 unspecified atom stereocenters. The van der Waals surface area contributed by atoms with Crippen LogP contribution in [0.15, 0.2) is 42.5 Å². The van der Waals surface area contributed by atoms with Gasteiger partial charge in [0.05, 0.1) is 23.5 Å². The standard InChI is InChI=1S/C23H24ClN3O/c1-15-19-14-26(17-12-16-6-5-9-23(28-2)18(16)13-17)11-10-21(19)25-27(15)22-8-4-3-7-20(22)24/h3-9,17H,10-14H2,1-2H3. The van der Waals surface area contributed by atoms with E-state index >= 15 is 0 Å². The molecule has 2 aromatic carbocycles. The maximum atomic E-state index is 6.42. The Kier molecular flexibility index (Phi) is 4.41. The number of hydrogen-bond acceptors (Lipinski definition) is 3. The molecule has 28 heavy (non-hydrogen) atoms. The summed E-state index contributed by atoms with van der Waals surface area (Å²) in [6.45, 7) is 4.16. The van der Waals surface area contributed by atoms with Crippen molar-refractivity contribution in [1.82, 2.24) is 14.7 Å². The van der Waals surface area contributed by atoms with E-state index in [1.807, 2.05) is 28.9 Å². The number of rotatable bonds is 3. The maximum Gasteiger partial charge on any atom is 0.122 e. The number of halogens is 1. The molecule has 2 heterocycles. The van der Waals surface area contributed by atoms with Gasteiger partial charge < -0.3 is 4.74 Å². The lowest BCUT2D eigenvalue weighted by Gasteiger charge is -2.32. The predicted octanol–water partition coefficient (Wildman–Crippen LogP) is 4.37. The summed E-state index contributed by atoms with van der Waals surface area (Å²) in [5.41, 5.74) is 7.53. The molecule has 1 aliphatic heterocycles. The van der Waals surface area contributed by atoms with Crippen molar-refractivity contribution in [2.24, 2.45) is 0 Å². The lowest BCUT2D eigenvalue weighted by Crippen LogP contribution is -2.39. The zero-order valence-corrected chi connectivity index (χ0v) is 17.0. The Morgan fingerprint density at radius 2 is 1.93 bits per heavy atom. The Balaban J connectivity index is 1.42. The highest BCUT2D eigenvalue weighted by atomic mass is 35.5. The second kappa shape index (κ2) is 6.94. The highest BCUT2D eigenvalue weighted by Gasteiger charge is 2.32. The fourth-order valence-corrected chi connectivity index (χ4v) is 4.96. The van der Waals surface area contributed by atoms with E-state index in [1.165, 1.54) is 28.1 Å². The number of ether oxygens (including phenoxy) is 1. The van der Waals surface area contributed by atoms with Gasteiger partial charge in [-0.15, -0.1) is 0 Å². The van der Waals surface area contributed by atoms with Gasteiger partial charge in [0.25, 0.3) is 0 Å². The molecule has 1 aliphatic carbocycles. The van der Waals surface area contributed by atoms with Gasteiger partial charge >= 0.3 is 0 Å². The molecule has 5 rings (SSSR count). The summed E-state index contributed by atoms with van der Waals surface area (Å²) in [5.74, 6) is 1.03. The van der Waals surface area contributed by atoms with E-state index in [-0.39, 0.29) is 0 Å². The van der Waals surface area contributed by atoms with E-state index in [0.29, 0.717) is 6.04 Å². The Morgan fingerprint density at radius 3 is 2.75 bits per heavy atom. The first-order valence-electron chi connectivity index (χ1n) is 9.86.